The van der Waals surface area contributed by atoms with Crippen molar-refractivity contribution in [2.45, 2.75) is 38.2 Å². The number of nitrogens with zero attached hydrogens (tertiary/aromatic N) is 2. The molecule has 5 nitrogen and oxygen atoms in total. The maximum absolute atomic E-state index is 13.0. The Kier molecular flexibility index (Phi) is 4.44. The highest BCUT2D eigenvalue weighted by Gasteiger charge is 2.35. The first kappa shape index (κ1) is 16.4. The molecule has 0 N–H and O–H groups in total. The minimum absolute atomic E-state index is 0.137. The molecule has 1 fully saturated rings. The van der Waals surface area contributed by atoms with E-state index in [0.717, 1.165) is 16.7 Å². The van der Waals surface area contributed by atoms with Crippen molar-refractivity contribution in [3.8, 4) is 5.19 Å². The summed E-state index contributed by atoms with van der Waals surface area (Å²) in [5.41, 5.74) is 2.67. The number of ether oxygens (including phenoxy) is 1. The van der Waals surface area contributed by atoms with E-state index in [4.69, 9.17) is 4.74 Å². The number of benzene rings is 1. The van der Waals surface area contributed by atoms with Gasteiger partial charge in [0.1, 0.15) is 6.10 Å². The molecule has 23 heavy (non-hydrogen) atoms. The largest absolute Gasteiger partial charge is 0.465 e. The normalized spacial score (nSPS) is 19.2. The lowest BCUT2D eigenvalue weighted by Crippen LogP contribution is -2.32. The summed E-state index contributed by atoms with van der Waals surface area (Å²) in [4.78, 5) is 4.52. The maximum Gasteiger partial charge on any atom is 0.273 e. The fraction of sp³-hybridized carbons (Fsp3) is 0.438. The Labute approximate surface area is 141 Å². The van der Waals surface area contributed by atoms with E-state index in [1.165, 1.54) is 15.6 Å². The minimum atomic E-state index is -3.49. The minimum Gasteiger partial charge on any atom is -0.465 e. The van der Waals surface area contributed by atoms with E-state index < -0.39 is 10.0 Å². The highest BCUT2D eigenvalue weighted by atomic mass is 32.2. The van der Waals surface area contributed by atoms with Gasteiger partial charge in [-0.05, 0) is 38.3 Å². The zero-order valence-corrected chi connectivity index (χ0v) is 15.1. The van der Waals surface area contributed by atoms with Crippen molar-refractivity contribution in [1.82, 2.24) is 9.29 Å². The number of thiazole rings is 1. The molecular weight excluding hydrogens is 332 g/mol. The molecule has 124 valence electrons. The topological polar surface area (TPSA) is 59.5 Å². The smallest absolute Gasteiger partial charge is 0.273 e. The molecule has 0 radical (unpaired) electrons. The lowest BCUT2D eigenvalue weighted by Gasteiger charge is -2.20. The zero-order chi connectivity index (χ0) is 16.6. The van der Waals surface area contributed by atoms with Crippen molar-refractivity contribution in [3.63, 3.8) is 0 Å². The van der Waals surface area contributed by atoms with Crippen molar-refractivity contribution in [1.29, 1.82) is 0 Å². The van der Waals surface area contributed by atoms with Crippen LogP contribution in [-0.4, -0.2) is 36.9 Å². The van der Waals surface area contributed by atoms with Crippen LogP contribution in [0.4, 0.5) is 0 Å². The molecule has 1 unspecified atom stereocenters. The Morgan fingerprint density at radius 2 is 1.96 bits per heavy atom. The van der Waals surface area contributed by atoms with Crippen LogP contribution in [0.15, 0.2) is 28.6 Å². The first-order chi connectivity index (χ1) is 10.9. The summed E-state index contributed by atoms with van der Waals surface area (Å²) in [5, 5.41) is 2.44. The van der Waals surface area contributed by atoms with Gasteiger partial charge in [0.2, 0.25) is 10.0 Å². The molecule has 0 spiro atoms. The Hall–Kier alpha value is -1.44. The molecule has 1 aromatic carbocycles. The first-order valence-corrected chi connectivity index (χ1v) is 9.84. The third-order valence-electron chi connectivity index (χ3n) is 3.99. The fourth-order valence-corrected chi connectivity index (χ4v) is 5.58. The monoisotopic (exact) mass is 352 g/mol. The molecule has 7 heteroatoms. The second kappa shape index (κ2) is 6.22. The Morgan fingerprint density at radius 1 is 1.26 bits per heavy atom. The van der Waals surface area contributed by atoms with Crippen LogP contribution in [0.25, 0.3) is 0 Å². The second-order valence-corrected chi connectivity index (χ2v) is 8.65. The van der Waals surface area contributed by atoms with Gasteiger partial charge in [-0.1, -0.05) is 29.0 Å². The van der Waals surface area contributed by atoms with E-state index in [2.05, 4.69) is 4.98 Å². The van der Waals surface area contributed by atoms with Gasteiger partial charge in [0.25, 0.3) is 5.19 Å². The molecule has 1 aliphatic heterocycles. The van der Waals surface area contributed by atoms with E-state index in [-0.39, 0.29) is 6.10 Å². The van der Waals surface area contributed by atoms with Gasteiger partial charge in [-0.25, -0.2) is 13.4 Å². The summed E-state index contributed by atoms with van der Waals surface area (Å²) in [5.74, 6) is 0. The van der Waals surface area contributed by atoms with Gasteiger partial charge >= 0.3 is 0 Å². The first-order valence-electron chi connectivity index (χ1n) is 7.52. The summed E-state index contributed by atoms with van der Waals surface area (Å²) >= 11 is 1.42. The molecule has 1 aliphatic rings. The number of aromatic nitrogens is 1. The number of hydrogen-bond donors (Lipinski definition) is 0. The molecule has 2 heterocycles. The molecule has 1 saturated heterocycles. The van der Waals surface area contributed by atoms with Crippen LogP contribution in [0, 0.1) is 20.8 Å². The Balaban J connectivity index is 1.82. The van der Waals surface area contributed by atoms with Gasteiger partial charge in [0, 0.05) is 18.1 Å². The van der Waals surface area contributed by atoms with Gasteiger partial charge in [-0.2, -0.15) is 4.31 Å². The SMILES string of the molecule is Cc1cc(C)c(S(=O)(=O)N2CCC(Oc3nccs3)C2)c(C)c1. The highest BCUT2D eigenvalue weighted by Crippen LogP contribution is 2.29. The van der Waals surface area contributed by atoms with Crippen molar-refractivity contribution >= 4 is 21.4 Å². The quantitative estimate of drug-likeness (QED) is 0.849. The second-order valence-electron chi connectivity index (χ2n) is 5.92. The summed E-state index contributed by atoms with van der Waals surface area (Å²) < 4.78 is 33.3. The van der Waals surface area contributed by atoms with Crippen molar-refractivity contribution in [2.75, 3.05) is 13.1 Å². The van der Waals surface area contributed by atoms with E-state index in [0.29, 0.717) is 29.6 Å². The third-order valence-corrected chi connectivity index (χ3v) is 6.82. The molecule has 0 bridgehead atoms. The number of hydrogen-bond acceptors (Lipinski definition) is 5. The van der Waals surface area contributed by atoms with Crippen LogP contribution < -0.4 is 4.74 Å². The molecule has 1 atom stereocenters. The fourth-order valence-electron chi connectivity index (χ4n) is 3.13. The summed E-state index contributed by atoms with van der Waals surface area (Å²) in [6.45, 7) is 6.53. The van der Waals surface area contributed by atoms with Crippen LogP contribution >= 0.6 is 11.3 Å². The predicted octanol–water partition coefficient (Wildman–Crippen LogP) is 2.91. The van der Waals surface area contributed by atoms with E-state index in [9.17, 15) is 8.42 Å². The van der Waals surface area contributed by atoms with Crippen molar-refractivity contribution in [2.24, 2.45) is 0 Å². The van der Waals surface area contributed by atoms with Gasteiger partial charge in [0.15, 0.2) is 0 Å². The van der Waals surface area contributed by atoms with Crippen LogP contribution in [0.5, 0.6) is 5.19 Å². The van der Waals surface area contributed by atoms with Crippen LogP contribution in [0.2, 0.25) is 0 Å². The van der Waals surface area contributed by atoms with E-state index in [1.54, 1.807) is 6.20 Å². The molecular formula is C16H20N2O3S2. The van der Waals surface area contributed by atoms with Crippen LogP contribution in [-0.2, 0) is 10.0 Å². The van der Waals surface area contributed by atoms with Gasteiger partial charge < -0.3 is 4.74 Å². The molecule has 1 aromatic heterocycles. The predicted molar refractivity (Wildman–Crippen MR) is 90.6 cm³/mol. The number of rotatable bonds is 4. The Morgan fingerprint density at radius 3 is 2.57 bits per heavy atom. The summed E-state index contributed by atoms with van der Waals surface area (Å²) in [7, 11) is -3.49. The van der Waals surface area contributed by atoms with Gasteiger partial charge in [-0.15, -0.1) is 0 Å². The standard InChI is InChI=1S/C16H20N2O3S2/c1-11-8-12(2)15(13(3)9-11)23(19,20)18-6-4-14(10-18)21-16-17-5-7-22-16/h5,7-9,14H,4,6,10H2,1-3H3. The molecule has 3 rings (SSSR count). The zero-order valence-electron chi connectivity index (χ0n) is 13.4. The summed E-state index contributed by atoms with van der Waals surface area (Å²) in [6, 6.07) is 3.83. The molecule has 2 aromatic rings. The molecule has 0 aliphatic carbocycles. The average molecular weight is 352 g/mol. The van der Waals surface area contributed by atoms with Gasteiger partial charge in [0.05, 0.1) is 11.4 Å². The molecule has 0 amide bonds. The average Bonchev–Trinajstić information content (AvgIpc) is 3.09. The number of aryl methyl sites for hydroxylation is 3. The lowest BCUT2D eigenvalue weighted by atomic mass is 10.1. The van der Waals surface area contributed by atoms with Crippen molar-refractivity contribution < 1.29 is 13.2 Å². The van der Waals surface area contributed by atoms with E-state index in [1.807, 2.05) is 38.3 Å². The number of sulfonamides is 1. The third kappa shape index (κ3) is 3.27. The highest BCUT2D eigenvalue weighted by molar-refractivity contribution is 7.89. The maximum atomic E-state index is 13.0. The van der Waals surface area contributed by atoms with Crippen LogP contribution in [0.3, 0.4) is 0 Å². The summed E-state index contributed by atoms with van der Waals surface area (Å²) in [6.07, 6.45) is 2.23. The lowest BCUT2D eigenvalue weighted by molar-refractivity contribution is 0.214. The van der Waals surface area contributed by atoms with E-state index >= 15 is 0 Å². The molecule has 0 saturated carbocycles. The van der Waals surface area contributed by atoms with Crippen LogP contribution in [0.1, 0.15) is 23.1 Å². The van der Waals surface area contributed by atoms with Crippen molar-refractivity contribution in [3.05, 3.63) is 40.4 Å². The van der Waals surface area contributed by atoms with Gasteiger partial charge in [-0.3, -0.25) is 0 Å². The Bertz CT molecular complexity index is 778.